The van der Waals surface area contributed by atoms with E-state index in [1.54, 1.807) is 0 Å². The van der Waals surface area contributed by atoms with Crippen LogP contribution in [0.25, 0.3) is 0 Å². The molecule has 1 aliphatic heterocycles. The molecule has 1 heterocycles. The van der Waals surface area contributed by atoms with Crippen molar-refractivity contribution in [3.05, 3.63) is 0 Å². The van der Waals surface area contributed by atoms with Gasteiger partial charge in [-0.2, -0.15) is 0 Å². The Morgan fingerprint density at radius 3 is 2.53 bits per heavy atom. The maximum absolute atomic E-state index is 10.7. The summed E-state index contributed by atoms with van der Waals surface area (Å²) in [5.41, 5.74) is 0. The molecule has 2 atom stereocenters. The zero-order valence-corrected chi connectivity index (χ0v) is 9.52. The second-order valence-electron chi connectivity index (χ2n) is 5.12. The Morgan fingerprint density at radius 2 is 2.07 bits per heavy atom. The van der Waals surface area contributed by atoms with E-state index in [1.807, 2.05) is 0 Å². The first-order valence-corrected chi connectivity index (χ1v) is 5.68. The molecule has 2 aliphatic rings. The Bertz CT molecular complexity index is 241. The molecule has 1 saturated heterocycles. The van der Waals surface area contributed by atoms with Crippen molar-refractivity contribution < 1.29 is 9.90 Å². The van der Waals surface area contributed by atoms with E-state index in [-0.39, 0.29) is 6.54 Å². The fraction of sp³-hybridized carbons (Fsp3) is 0.909. The normalized spacial score (nSPS) is 32.5. The average molecular weight is 212 g/mol. The summed E-state index contributed by atoms with van der Waals surface area (Å²) in [6.45, 7) is 2.09. The van der Waals surface area contributed by atoms with Crippen LogP contribution in [0.4, 0.5) is 0 Å². The number of likely N-dealkylation sites (tertiary alicyclic amines) is 1. The zero-order chi connectivity index (χ0) is 11.0. The van der Waals surface area contributed by atoms with Gasteiger partial charge in [0, 0.05) is 19.1 Å². The third kappa shape index (κ3) is 2.49. The fourth-order valence-corrected chi connectivity index (χ4v) is 2.75. The van der Waals surface area contributed by atoms with E-state index in [0.717, 1.165) is 19.0 Å². The van der Waals surface area contributed by atoms with E-state index >= 15 is 0 Å². The smallest absolute Gasteiger partial charge is 0.317 e. The van der Waals surface area contributed by atoms with E-state index in [1.165, 1.54) is 12.8 Å². The predicted molar refractivity (Wildman–Crippen MR) is 57.8 cm³/mol. The second kappa shape index (κ2) is 4.10. The Hall–Kier alpha value is -0.610. The van der Waals surface area contributed by atoms with Crippen LogP contribution in [-0.2, 0) is 4.79 Å². The van der Waals surface area contributed by atoms with Gasteiger partial charge in [-0.05, 0) is 38.8 Å². The first kappa shape index (κ1) is 10.9. The molecular weight excluding hydrogens is 192 g/mol. The minimum absolute atomic E-state index is 0.202. The maximum atomic E-state index is 10.7. The zero-order valence-electron chi connectivity index (χ0n) is 9.52. The van der Waals surface area contributed by atoms with Gasteiger partial charge in [-0.3, -0.25) is 9.69 Å². The molecule has 4 nitrogen and oxygen atoms in total. The number of carboxylic acids is 1. The first-order chi connectivity index (χ1) is 7.08. The highest BCUT2D eigenvalue weighted by Crippen LogP contribution is 2.42. The maximum Gasteiger partial charge on any atom is 0.317 e. The van der Waals surface area contributed by atoms with Crippen LogP contribution in [0.15, 0.2) is 0 Å². The third-order valence-electron chi connectivity index (χ3n) is 3.66. The molecule has 0 aromatic rings. The second-order valence-corrected chi connectivity index (χ2v) is 5.12. The van der Waals surface area contributed by atoms with Crippen LogP contribution in [-0.4, -0.2) is 60.6 Å². The van der Waals surface area contributed by atoms with E-state index in [4.69, 9.17) is 5.11 Å². The molecule has 0 aromatic carbocycles. The van der Waals surface area contributed by atoms with Crippen molar-refractivity contribution in [1.82, 2.24) is 9.80 Å². The molecule has 15 heavy (non-hydrogen) atoms. The summed E-state index contributed by atoms with van der Waals surface area (Å²) < 4.78 is 0. The van der Waals surface area contributed by atoms with Gasteiger partial charge in [-0.25, -0.2) is 0 Å². The lowest BCUT2D eigenvalue weighted by atomic mass is 9.97. The minimum atomic E-state index is -0.705. The van der Waals surface area contributed by atoms with Crippen LogP contribution in [0.3, 0.4) is 0 Å². The number of rotatable bonds is 4. The monoisotopic (exact) mass is 212 g/mol. The molecule has 1 N–H and O–H groups in total. The summed E-state index contributed by atoms with van der Waals surface area (Å²) in [4.78, 5) is 15.0. The number of hydrogen-bond donors (Lipinski definition) is 1. The topological polar surface area (TPSA) is 43.8 Å². The first-order valence-electron chi connectivity index (χ1n) is 5.68. The van der Waals surface area contributed by atoms with Gasteiger partial charge in [0.2, 0.25) is 0 Å². The quantitative estimate of drug-likeness (QED) is 0.730. The van der Waals surface area contributed by atoms with Crippen molar-refractivity contribution >= 4 is 5.97 Å². The number of carboxylic acid groups (broad SMARTS) is 1. The number of carbonyl (C=O) groups is 1. The van der Waals surface area contributed by atoms with Crippen LogP contribution in [0.5, 0.6) is 0 Å². The molecule has 2 rings (SSSR count). The Labute approximate surface area is 90.9 Å². The summed E-state index contributed by atoms with van der Waals surface area (Å²) in [7, 11) is 4.20. The SMILES string of the molecule is CN(C)[C@H]1CN(CC(=O)O)C[C@@H]1C1CC1. The van der Waals surface area contributed by atoms with E-state index in [2.05, 4.69) is 23.9 Å². The van der Waals surface area contributed by atoms with E-state index in [0.29, 0.717) is 12.0 Å². The Morgan fingerprint density at radius 1 is 1.40 bits per heavy atom. The largest absolute Gasteiger partial charge is 0.480 e. The molecule has 86 valence electrons. The standard InChI is InChI=1S/C11H20N2O2/c1-12(2)10-6-13(7-11(14)15)5-9(10)8-3-4-8/h8-10H,3-7H2,1-2H3,(H,14,15)/t9-,10+/m1/s1. The van der Waals surface area contributed by atoms with Crippen molar-refractivity contribution in [3.63, 3.8) is 0 Å². The third-order valence-corrected chi connectivity index (χ3v) is 3.66. The summed E-state index contributed by atoms with van der Waals surface area (Å²) >= 11 is 0. The highest BCUT2D eigenvalue weighted by atomic mass is 16.4. The van der Waals surface area contributed by atoms with Gasteiger partial charge in [0.25, 0.3) is 0 Å². The summed E-state index contributed by atoms with van der Waals surface area (Å²) in [5, 5.41) is 8.78. The lowest BCUT2D eigenvalue weighted by Crippen LogP contribution is -2.36. The molecule has 0 unspecified atom stereocenters. The Balaban J connectivity index is 1.95. The van der Waals surface area contributed by atoms with Crippen molar-refractivity contribution in [2.75, 3.05) is 33.7 Å². The Kier molecular flexibility index (Phi) is 2.98. The highest BCUT2D eigenvalue weighted by molar-refractivity contribution is 5.69. The number of nitrogens with zero attached hydrogens (tertiary/aromatic N) is 2. The van der Waals surface area contributed by atoms with Crippen molar-refractivity contribution in [2.45, 2.75) is 18.9 Å². The summed E-state index contributed by atoms with van der Waals surface area (Å²) in [6.07, 6.45) is 2.69. The summed E-state index contributed by atoms with van der Waals surface area (Å²) in [6, 6.07) is 0.553. The molecule has 1 saturated carbocycles. The van der Waals surface area contributed by atoms with Crippen molar-refractivity contribution in [2.24, 2.45) is 11.8 Å². The van der Waals surface area contributed by atoms with Crippen LogP contribution in [0.2, 0.25) is 0 Å². The number of aliphatic carboxylic acids is 1. The van der Waals surface area contributed by atoms with Gasteiger partial charge >= 0.3 is 5.97 Å². The highest BCUT2D eigenvalue weighted by Gasteiger charge is 2.43. The van der Waals surface area contributed by atoms with Gasteiger partial charge in [-0.1, -0.05) is 0 Å². The molecule has 4 heteroatoms. The fourth-order valence-electron chi connectivity index (χ4n) is 2.75. The lowest BCUT2D eigenvalue weighted by Gasteiger charge is -2.24. The molecule has 0 bridgehead atoms. The molecule has 0 radical (unpaired) electrons. The molecule has 0 spiro atoms. The van der Waals surface area contributed by atoms with E-state index in [9.17, 15) is 4.79 Å². The molecule has 0 amide bonds. The van der Waals surface area contributed by atoms with Crippen molar-refractivity contribution in [1.29, 1.82) is 0 Å². The van der Waals surface area contributed by atoms with Gasteiger partial charge in [0.1, 0.15) is 0 Å². The van der Waals surface area contributed by atoms with Gasteiger partial charge in [-0.15, -0.1) is 0 Å². The summed E-state index contributed by atoms with van der Waals surface area (Å²) in [5.74, 6) is 0.847. The number of likely N-dealkylation sites (N-methyl/N-ethyl adjacent to an activating group) is 1. The molecule has 2 fully saturated rings. The van der Waals surface area contributed by atoms with Gasteiger partial charge in [0.05, 0.1) is 6.54 Å². The van der Waals surface area contributed by atoms with Crippen LogP contribution >= 0.6 is 0 Å². The van der Waals surface area contributed by atoms with Gasteiger partial charge in [0.15, 0.2) is 0 Å². The molecule has 0 aromatic heterocycles. The minimum Gasteiger partial charge on any atom is -0.480 e. The van der Waals surface area contributed by atoms with Crippen LogP contribution in [0.1, 0.15) is 12.8 Å². The lowest BCUT2D eigenvalue weighted by molar-refractivity contribution is -0.138. The van der Waals surface area contributed by atoms with Crippen molar-refractivity contribution in [3.8, 4) is 0 Å². The van der Waals surface area contributed by atoms with Crippen LogP contribution in [0, 0.1) is 11.8 Å². The molecule has 1 aliphatic carbocycles. The molecular formula is C11H20N2O2. The average Bonchev–Trinajstić information content (AvgIpc) is 2.87. The predicted octanol–water partition coefficient (Wildman–Crippen LogP) is 0.343. The van der Waals surface area contributed by atoms with Gasteiger partial charge < -0.3 is 10.0 Å². The van der Waals surface area contributed by atoms with Crippen LogP contribution < -0.4 is 0 Å². The van der Waals surface area contributed by atoms with E-state index < -0.39 is 5.97 Å². The number of hydrogen-bond acceptors (Lipinski definition) is 3.